The number of nitrogens with zero attached hydrogens (tertiary/aromatic N) is 2. The number of likely N-dealkylation sites (tertiary alicyclic amines) is 1. The van der Waals surface area contributed by atoms with E-state index in [9.17, 15) is 10.1 Å². The van der Waals surface area contributed by atoms with Crippen LogP contribution in [-0.4, -0.2) is 30.5 Å². The number of piperidine rings is 1. The quantitative estimate of drug-likeness (QED) is 0.758. The fourth-order valence-electron chi connectivity index (χ4n) is 2.69. The van der Waals surface area contributed by atoms with Gasteiger partial charge in [-0.05, 0) is 43.7 Å². The van der Waals surface area contributed by atoms with Gasteiger partial charge in [0, 0.05) is 13.1 Å². The minimum atomic E-state index is -0.534. The predicted octanol–water partition coefficient (Wildman–Crippen LogP) is 3.24. The molecule has 0 spiro atoms. The van der Waals surface area contributed by atoms with Gasteiger partial charge in [-0.25, -0.2) is 0 Å². The van der Waals surface area contributed by atoms with Crippen molar-refractivity contribution in [2.75, 3.05) is 19.7 Å². The molecule has 1 unspecified atom stereocenters. The first-order valence-corrected chi connectivity index (χ1v) is 8.07. The van der Waals surface area contributed by atoms with Gasteiger partial charge < -0.3 is 9.64 Å². The number of rotatable bonds is 6. The van der Waals surface area contributed by atoms with Gasteiger partial charge in [0.05, 0.1) is 12.7 Å². The van der Waals surface area contributed by atoms with Crippen LogP contribution in [0.5, 0.6) is 5.75 Å². The van der Waals surface area contributed by atoms with Crippen molar-refractivity contribution in [2.45, 2.75) is 32.6 Å². The standard InChI is InChI=1S/C18H24N2O2/c1-15-9-11-20(12-10-15)18(21)16(14-19)6-5-13-22-17-7-3-2-4-8-17/h2-4,7-8,15-16H,5-6,9-13H2,1H3. The van der Waals surface area contributed by atoms with Crippen molar-refractivity contribution in [3.8, 4) is 11.8 Å². The van der Waals surface area contributed by atoms with Gasteiger partial charge in [-0.2, -0.15) is 5.26 Å². The van der Waals surface area contributed by atoms with E-state index in [4.69, 9.17) is 4.74 Å². The summed E-state index contributed by atoms with van der Waals surface area (Å²) in [6, 6.07) is 11.8. The van der Waals surface area contributed by atoms with E-state index in [0.29, 0.717) is 25.4 Å². The van der Waals surface area contributed by atoms with E-state index in [1.165, 1.54) is 0 Å². The average Bonchev–Trinajstić information content (AvgIpc) is 2.56. The van der Waals surface area contributed by atoms with Crippen LogP contribution in [0.4, 0.5) is 0 Å². The zero-order valence-corrected chi connectivity index (χ0v) is 13.2. The van der Waals surface area contributed by atoms with Gasteiger partial charge in [-0.1, -0.05) is 25.1 Å². The molecule has 0 radical (unpaired) electrons. The minimum absolute atomic E-state index is 0.00545. The van der Waals surface area contributed by atoms with Crippen LogP contribution >= 0.6 is 0 Å². The molecular weight excluding hydrogens is 276 g/mol. The highest BCUT2D eigenvalue weighted by Gasteiger charge is 2.26. The Labute approximate surface area is 132 Å². The number of nitriles is 1. The Kier molecular flexibility index (Phi) is 6.27. The first kappa shape index (κ1) is 16.4. The molecule has 1 aromatic carbocycles. The summed E-state index contributed by atoms with van der Waals surface area (Å²) in [4.78, 5) is 14.2. The second-order valence-electron chi connectivity index (χ2n) is 5.99. The van der Waals surface area contributed by atoms with Gasteiger partial charge in [0.1, 0.15) is 11.7 Å². The summed E-state index contributed by atoms with van der Waals surface area (Å²) in [6.07, 6.45) is 3.36. The SMILES string of the molecule is CC1CCN(C(=O)C(C#N)CCCOc2ccccc2)CC1. The van der Waals surface area contributed by atoms with Crippen molar-refractivity contribution in [2.24, 2.45) is 11.8 Å². The number of hydrogen-bond donors (Lipinski definition) is 0. The molecule has 0 N–H and O–H groups in total. The van der Waals surface area contributed by atoms with Crippen molar-refractivity contribution < 1.29 is 9.53 Å². The van der Waals surface area contributed by atoms with Gasteiger partial charge in [0.2, 0.25) is 5.91 Å². The van der Waals surface area contributed by atoms with Crippen LogP contribution in [0.25, 0.3) is 0 Å². The average molecular weight is 300 g/mol. The molecule has 4 nitrogen and oxygen atoms in total. The third-order valence-corrected chi connectivity index (χ3v) is 4.20. The molecule has 2 rings (SSSR count). The Morgan fingerprint density at radius 1 is 1.36 bits per heavy atom. The van der Waals surface area contributed by atoms with Gasteiger partial charge in [-0.3, -0.25) is 4.79 Å². The molecule has 0 aromatic heterocycles. The molecule has 0 bridgehead atoms. The summed E-state index contributed by atoms with van der Waals surface area (Å²) in [6.45, 7) is 4.33. The van der Waals surface area contributed by atoms with Crippen LogP contribution < -0.4 is 4.74 Å². The lowest BCUT2D eigenvalue weighted by Gasteiger charge is -2.31. The lowest BCUT2D eigenvalue weighted by Crippen LogP contribution is -2.41. The number of carbonyl (C=O) groups is 1. The highest BCUT2D eigenvalue weighted by Crippen LogP contribution is 2.19. The van der Waals surface area contributed by atoms with Gasteiger partial charge >= 0.3 is 0 Å². The molecular formula is C18H24N2O2. The van der Waals surface area contributed by atoms with E-state index < -0.39 is 5.92 Å². The second-order valence-corrected chi connectivity index (χ2v) is 5.99. The van der Waals surface area contributed by atoms with Crippen LogP contribution in [0, 0.1) is 23.2 Å². The smallest absolute Gasteiger partial charge is 0.239 e. The van der Waals surface area contributed by atoms with Crippen LogP contribution in [0.1, 0.15) is 32.6 Å². The number of ether oxygens (including phenoxy) is 1. The van der Waals surface area contributed by atoms with E-state index >= 15 is 0 Å². The molecule has 1 aliphatic rings. The summed E-state index contributed by atoms with van der Waals surface area (Å²) in [5.74, 6) is 0.970. The minimum Gasteiger partial charge on any atom is -0.494 e. The molecule has 0 aliphatic carbocycles. The van der Waals surface area contributed by atoms with E-state index in [0.717, 1.165) is 31.7 Å². The molecule has 1 atom stereocenters. The first-order chi connectivity index (χ1) is 10.7. The zero-order chi connectivity index (χ0) is 15.8. The molecule has 1 fully saturated rings. The fourth-order valence-corrected chi connectivity index (χ4v) is 2.69. The van der Waals surface area contributed by atoms with Crippen molar-refractivity contribution in [3.63, 3.8) is 0 Å². The number of para-hydroxylation sites is 1. The normalized spacial score (nSPS) is 16.8. The molecule has 1 amide bonds. The topological polar surface area (TPSA) is 53.3 Å². The maximum Gasteiger partial charge on any atom is 0.239 e. The summed E-state index contributed by atoms with van der Waals surface area (Å²) < 4.78 is 5.61. The molecule has 1 heterocycles. The van der Waals surface area contributed by atoms with Crippen LogP contribution in [-0.2, 0) is 4.79 Å². The number of hydrogen-bond acceptors (Lipinski definition) is 3. The summed E-state index contributed by atoms with van der Waals surface area (Å²) in [7, 11) is 0. The largest absolute Gasteiger partial charge is 0.494 e. The Hall–Kier alpha value is -2.02. The number of carbonyl (C=O) groups excluding carboxylic acids is 1. The maximum atomic E-state index is 12.4. The lowest BCUT2D eigenvalue weighted by molar-refractivity contribution is -0.135. The Bertz CT molecular complexity index is 502. The molecule has 1 saturated heterocycles. The van der Waals surface area contributed by atoms with Crippen molar-refractivity contribution in [1.29, 1.82) is 5.26 Å². The lowest BCUT2D eigenvalue weighted by atomic mass is 9.96. The van der Waals surface area contributed by atoms with E-state index in [2.05, 4.69) is 13.0 Å². The van der Waals surface area contributed by atoms with Crippen molar-refractivity contribution >= 4 is 5.91 Å². The highest BCUT2D eigenvalue weighted by atomic mass is 16.5. The van der Waals surface area contributed by atoms with Crippen molar-refractivity contribution in [1.82, 2.24) is 4.90 Å². The Morgan fingerprint density at radius 2 is 2.05 bits per heavy atom. The Balaban J connectivity index is 1.72. The molecule has 118 valence electrons. The summed E-state index contributed by atoms with van der Waals surface area (Å²) >= 11 is 0. The van der Waals surface area contributed by atoms with E-state index in [1.54, 1.807) is 0 Å². The number of benzene rings is 1. The van der Waals surface area contributed by atoms with Crippen LogP contribution in [0.15, 0.2) is 30.3 Å². The van der Waals surface area contributed by atoms with Crippen LogP contribution in [0.2, 0.25) is 0 Å². The van der Waals surface area contributed by atoms with Gasteiger partial charge in [-0.15, -0.1) is 0 Å². The third-order valence-electron chi connectivity index (χ3n) is 4.20. The van der Waals surface area contributed by atoms with E-state index in [-0.39, 0.29) is 5.91 Å². The number of amides is 1. The molecule has 0 saturated carbocycles. The van der Waals surface area contributed by atoms with Gasteiger partial charge in [0.15, 0.2) is 0 Å². The third kappa shape index (κ3) is 4.77. The summed E-state index contributed by atoms with van der Waals surface area (Å²) in [5, 5.41) is 9.26. The molecule has 22 heavy (non-hydrogen) atoms. The Morgan fingerprint density at radius 3 is 2.68 bits per heavy atom. The molecule has 1 aliphatic heterocycles. The second kappa shape index (κ2) is 8.43. The fraction of sp³-hybridized carbons (Fsp3) is 0.556. The maximum absolute atomic E-state index is 12.4. The predicted molar refractivity (Wildman–Crippen MR) is 85.3 cm³/mol. The zero-order valence-electron chi connectivity index (χ0n) is 13.2. The van der Waals surface area contributed by atoms with E-state index in [1.807, 2.05) is 35.2 Å². The molecule has 4 heteroatoms. The van der Waals surface area contributed by atoms with Crippen LogP contribution in [0.3, 0.4) is 0 Å². The molecule has 1 aromatic rings. The highest BCUT2D eigenvalue weighted by molar-refractivity contribution is 5.81. The first-order valence-electron chi connectivity index (χ1n) is 8.07. The van der Waals surface area contributed by atoms with Crippen molar-refractivity contribution in [3.05, 3.63) is 30.3 Å². The van der Waals surface area contributed by atoms with Gasteiger partial charge in [0.25, 0.3) is 0 Å². The summed E-state index contributed by atoms with van der Waals surface area (Å²) in [5.41, 5.74) is 0. The monoisotopic (exact) mass is 300 g/mol.